The van der Waals surface area contributed by atoms with Crippen molar-refractivity contribution in [1.29, 1.82) is 0 Å². The van der Waals surface area contributed by atoms with E-state index in [1.807, 2.05) is 0 Å². The van der Waals surface area contributed by atoms with Gasteiger partial charge in [0.1, 0.15) is 13.2 Å². The third kappa shape index (κ3) is 56.0. The molecule has 1 unspecified atom stereocenters. The molecular formula is C64H114O6. The second kappa shape index (κ2) is 58.7. The highest BCUT2D eigenvalue weighted by atomic mass is 16.6. The first-order chi connectivity index (χ1) is 34.5. The molecule has 0 amide bonds. The predicted octanol–water partition coefficient (Wildman–Crippen LogP) is 20.4. The molecule has 70 heavy (non-hydrogen) atoms. The Morgan fingerprint density at radius 2 is 0.600 bits per heavy atom. The standard InChI is InChI=1S/C64H114O6/c1-4-7-10-13-16-19-22-25-28-30-32-34-36-39-42-45-48-51-54-57-63(66)69-60-61(59-68-62(65)56-53-50-47-44-41-38-35-27-24-21-18-15-12-9-6-3)70-64(67)58-55-52-49-46-43-40-37-33-31-29-26-23-20-17-14-11-8-5-2/h7,10,16,19,25,28-29,31,33,37,61H,4-6,8-9,11-15,17-18,20-24,26-27,30,32,34-36,38-60H2,1-3H3/b10-7-,19-16-,28-25-,31-29-,37-33-. The van der Waals surface area contributed by atoms with Gasteiger partial charge in [-0.1, -0.05) is 274 Å². The van der Waals surface area contributed by atoms with Crippen molar-refractivity contribution in [2.45, 2.75) is 316 Å². The molecule has 0 aliphatic carbocycles. The number of allylic oxidation sites excluding steroid dienone is 10. The molecule has 0 aliphatic rings. The average molecular weight is 980 g/mol. The van der Waals surface area contributed by atoms with E-state index >= 15 is 0 Å². The molecule has 0 aliphatic heterocycles. The van der Waals surface area contributed by atoms with E-state index in [0.717, 1.165) is 96.3 Å². The number of rotatable bonds is 55. The van der Waals surface area contributed by atoms with Crippen LogP contribution in [0.3, 0.4) is 0 Å². The van der Waals surface area contributed by atoms with Crippen molar-refractivity contribution in [3.05, 3.63) is 60.8 Å². The number of carbonyl (C=O) groups is 3. The first-order valence-corrected chi connectivity index (χ1v) is 30.3. The van der Waals surface area contributed by atoms with Crippen LogP contribution >= 0.6 is 0 Å². The zero-order valence-electron chi connectivity index (χ0n) is 46.5. The molecule has 0 bridgehead atoms. The van der Waals surface area contributed by atoms with Crippen LogP contribution < -0.4 is 0 Å². The Morgan fingerprint density at radius 1 is 0.314 bits per heavy atom. The highest BCUT2D eigenvalue weighted by Gasteiger charge is 2.19. The van der Waals surface area contributed by atoms with Crippen LogP contribution in [0.2, 0.25) is 0 Å². The summed E-state index contributed by atoms with van der Waals surface area (Å²) in [5.41, 5.74) is 0. The Morgan fingerprint density at radius 3 is 0.957 bits per heavy atom. The van der Waals surface area contributed by atoms with Crippen LogP contribution in [0.15, 0.2) is 60.8 Å². The average Bonchev–Trinajstić information content (AvgIpc) is 3.36. The third-order valence-corrected chi connectivity index (χ3v) is 13.3. The zero-order chi connectivity index (χ0) is 50.7. The molecule has 0 rings (SSSR count). The highest BCUT2D eigenvalue weighted by molar-refractivity contribution is 5.71. The fourth-order valence-electron chi connectivity index (χ4n) is 8.74. The fraction of sp³-hybridized carbons (Fsp3) is 0.797. The first kappa shape index (κ1) is 67.1. The lowest BCUT2D eigenvalue weighted by Gasteiger charge is -2.18. The van der Waals surface area contributed by atoms with Crippen LogP contribution in [0.1, 0.15) is 310 Å². The maximum absolute atomic E-state index is 12.9. The molecule has 6 nitrogen and oxygen atoms in total. The maximum atomic E-state index is 12.9. The maximum Gasteiger partial charge on any atom is 0.306 e. The Balaban J connectivity index is 4.38. The molecule has 1 atom stereocenters. The van der Waals surface area contributed by atoms with E-state index in [1.165, 1.54) is 173 Å². The number of hydrogen-bond acceptors (Lipinski definition) is 6. The van der Waals surface area contributed by atoms with E-state index in [4.69, 9.17) is 14.2 Å². The van der Waals surface area contributed by atoms with Gasteiger partial charge in [0.2, 0.25) is 0 Å². The molecule has 0 saturated heterocycles. The van der Waals surface area contributed by atoms with E-state index < -0.39 is 6.10 Å². The van der Waals surface area contributed by atoms with Gasteiger partial charge in [-0.3, -0.25) is 14.4 Å². The summed E-state index contributed by atoms with van der Waals surface area (Å²) in [7, 11) is 0. The number of carbonyl (C=O) groups excluding carboxylic acids is 3. The summed E-state index contributed by atoms with van der Waals surface area (Å²) in [5, 5.41) is 0. The molecule has 0 aromatic rings. The number of unbranched alkanes of at least 4 members (excludes halogenated alkanes) is 35. The molecule has 0 aromatic carbocycles. The summed E-state index contributed by atoms with van der Waals surface area (Å²) in [6, 6.07) is 0. The summed E-state index contributed by atoms with van der Waals surface area (Å²) in [6.07, 6.45) is 73.5. The van der Waals surface area contributed by atoms with E-state index in [-0.39, 0.29) is 31.1 Å². The van der Waals surface area contributed by atoms with Gasteiger partial charge >= 0.3 is 17.9 Å². The summed E-state index contributed by atoms with van der Waals surface area (Å²) < 4.78 is 16.9. The molecular weight excluding hydrogens is 865 g/mol. The molecule has 0 radical (unpaired) electrons. The molecule has 0 fully saturated rings. The normalized spacial score (nSPS) is 12.4. The van der Waals surface area contributed by atoms with Gasteiger partial charge in [-0.15, -0.1) is 0 Å². The molecule has 0 aromatic heterocycles. The van der Waals surface area contributed by atoms with Crippen LogP contribution in [0.5, 0.6) is 0 Å². The van der Waals surface area contributed by atoms with Gasteiger partial charge in [0, 0.05) is 19.3 Å². The van der Waals surface area contributed by atoms with Crippen molar-refractivity contribution >= 4 is 17.9 Å². The Bertz CT molecular complexity index is 1260. The van der Waals surface area contributed by atoms with Gasteiger partial charge in [-0.2, -0.15) is 0 Å². The second-order valence-electron chi connectivity index (χ2n) is 20.3. The lowest BCUT2D eigenvalue weighted by molar-refractivity contribution is -0.167. The van der Waals surface area contributed by atoms with Crippen LogP contribution in [0, 0.1) is 0 Å². The Hall–Kier alpha value is -2.89. The van der Waals surface area contributed by atoms with Gasteiger partial charge in [0.15, 0.2) is 6.10 Å². The summed E-state index contributed by atoms with van der Waals surface area (Å²) in [5.74, 6) is -0.884. The van der Waals surface area contributed by atoms with Gasteiger partial charge in [0.25, 0.3) is 0 Å². The summed E-state index contributed by atoms with van der Waals surface area (Å²) >= 11 is 0. The lowest BCUT2D eigenvalue weighted by atomic mass is 10.0. The van der Waals surface area contributed by atoms with E-state index in [9.17, 15) is 14.4 Å². The van der Waals surface area contributed by atoms with Gasteiger partial charge in [-0.05, 0) is 77.0 Å². The molecule has 406 valence electrons. The Labute approximate surface area is 434 Å². The Kier molecular flexibility index (Phi) is 56.3. The predicted molar refractivity (Wildman–Crippen MR) is 302 cm³/mol. The lowest BCUT2D eigenvalue weighted by Crippen LogP contribution is -2.30. The monoisotopic (exact) mass is 979 g/mol. The minimum Gasteiger partial charge on any atom is -0.462 e. The van der Waals surface area contributed by atoms with Gasteiger partial charge < -0.3 is 14.2 Å². The number of esters is 3. The smallest absolute Gasteiger partial charge is 0.306 e. The van der Waals surface area contributed by atoms with E-state index in [2.05, 4.69) is 81.5 Å². The molecule has 0 N–H and O–H groups in total. The molecule has 0 spiro atoms. The summed E-state index contributed by atoms with van der Waals surface area (Å²) in [6.45, 7) is 6.55. The summed E-state index contributed by atoms with van der Waals surface area (Å²) in [4.78, 5) is 38.2. The fourth-order valence-corrected chi connectivity index (χ4v) is 8.74. The van der Waals surface area contributed by atoms with E-state index in [1.54, 1.807) is 0 Å². The SMILES string of the molecule is CC/C=C\C/C=C\C/C=C\CCCCCCCCCCCC(=O)OCC(COC(=O)CCCCCCCCCCCCCCCCC)OC(=O)CCCCCCC/C=C\C=C/CCCCCCCCC. The zero-order valence-corrected chi connectivity index (χ0v) is 46.5. The van der Waals surface area contributed by atoms with Crippen molar-refractivity contribution in [3.8, 4) is 0 Å². The van der Waals surface area contributed by atoms with Crippen LogP contribution in [0.4, 0.5) is 0 Å². The first-order valence-electron chi connectivity index (χ1n) is 30.3. The van der Waals surface area contributed by atoms with Crippen LogP contribution in [0.25, 0.3) is 0 Å². The minimum absolute atomic E-state index is 0.0792. The van der Waals surface area contributed by atoms with Gasteiger partial charge in [0.05, 0.1) is 0 Å². The van der Waals surface area contributed by atoms with Gasteiger partial charge in [-0.25, -0.2) is 0 Å². The molecule has 0 heterocycles. The van der Waals surface area contributed by atoms with Crippen molar-refractivity contribution in [1.82, 2.24) is 0 Å². The quantitative estimate of drug-likeness (QED) is 0.0199. The van der Waals surface area contributed by atoms with Crippen molar-refractivity contribution in [2.24, 2.45) is 0 Å². The minimum atomic E-state index is -0.783. The third-order valence-electron chi connectivity index (χ3n) is 13.3. The highest BCUT2D eigenvalue weighted by Crippen LogP contribution is 2.16. The number of ether oxygens (including phenoxy) is 3. The molecule has 6 heteroatoms. The largest absolute Gasteiger partial charge is 0.462 e. The second-order valence-corrected chi connectivity index (χ2v) is 20.3. The van der Waals surface area contributed by atoms with Crippen molar-refractivity contribution in [3.63, 3.8) is 0 Å². The van der Waals surface area contributed by atoms with Crippen LogP contribution in [-0.2, 0) is 28.6 Å². The molecule has 0 saturated carbocycles. The van der Waals surface area contributed by atoms with Crippen molar-refractivity contribution < 1.29 is 28.6 Å². The van der Waals surface area contributed by atoms with E-state index in [0.29, 0.717) is 19.3 Å². The van der Waals surface area contributed by atoms with Crippen LogP contribution in [-0.4, -0.2) is 37.2 Å². The topological polar surface area (TPSA) is 78.9 Å². The number of hydrogen-bond donors (Lipinski definition) is 0. The van der Waals surface area contributed by atoms with Crippen molar-refractivity contribution in [2.75, 3.05) is 13.2 Å².